The van der Waals surface area contributed by atoms with Gasteiger partial charge in [0.1, 0.15) is 0 Å². The van der Waals surface area contributed by atoms with Crippen LogP contribution in [0.2, 0.25) is 0 Å². The van der Waals surface area contributed by atoms with Crippen LogP contribution in [0.4, 0.5) is 18.9 Å². The Hall–Kier alpha value is -0.760. The van der Waals surface area contributed by atoms with Crippen LogP contribution in [0.5, 0.6) is 0 Å². The van der Waals surface area contributed by atoms with Crippen molar-refractivity contribution in [1.29, 1.82) is 0 Å². The zero-order chi connectivity index (χ0) is 14.4. The molecule has 3 nitrogen and oxygen atoms in total. The Labute approximate surface area is 117 Å². The smallest absolute Gasteiger partial charge is 0.270 e. The minimum absolute atomic E-state index is 0.163. The maximum atomic E-state index is 12.5. The number of anilines is 1. The Morgan fingerprint density at radius 1 is 1.42 bits per heavy atom. The number of rotatable bonds is 2. The third-order valence-electron chi connectivity index (χ3n) is 2.97. The standard InChI is InChI=1S/C11H11BrF3NO2S/c1-19(17,18)16-6-7(5-11(13,14)15)9-3-2-8(12)4-10(9)16/h2-4,7H,5-6H2,1H3. The molecule has 0 aromatic heterocycles. The average molecular weight is 358 g/mol. The Kier molecular flexibility index (Phi) is 3.59. The largest absolute Gasteiger partial charge is 0.389 e. The Morgan fingerprint density at radius 2 is 2.05 bits per heavy atom. The molecule has 106 valence electrons. The summed E-state index contributed by atoms with van der Waals surface area (Å²) in [6, 6.07) is 4.70. The minimum atomic E-state index is -4.32. The molecule has 0 N–H and O–H groups in total. The summed E-state index contributed by atoms with van der Waals surface area (Å²) >= 11 is 3.20. The van der Waals surface area contributed by atoms with Crippen LogP contribution >= 0.6 is 15.9 Å². The van der Waals surface area contributed by atoms with Crippen LogP contribution in [-0.2, 0) is 10.0 Å². The fraction of sp³-hybridized carbons (Fsp3) is 0.455. The number of alkyl halides is 3. The van der Waals surface area contributed by atoms with E-state index in [4.69, 9.17) is 0 Å². The lowest BCUT2D eigenvalue weighted by molar-refractivity contribution is -0.137. The molecule has 1 atom stereocenters. The molecule has 1 aromatic carbocycles. The first-order chi connectivity index (χ1) is 8.58. The molecule has 0 aliphatic carbocycles. The summed E-state index contributed by atoms with van der Waals surface area (Å²) in [6.45, 7) is -0.163. The van der Waals surface area contributed by atoms with Crippen molar-refractivity contribution in [2.75, 3.05) is 17.1 Å². The molecule has 0 saturated carbocycles. The van der Waals surface area contributed by atoms with Gasteiger partial charge in [-0.15, -0.1) is 0 Å². The van der Waals surface area contributed by atoms with Crippen LogP contribution in [-0.4, -0.2) is 27.4 Å². The number of sulfonamides is 1. The SMILES string of the molecule is CS(=O)(=O)N1CC(CC(F)(F)F)c2ccc(Br)cc21. The highest BCUT2D eigenvalue weighted by Crippen LogP contribution is 2.43. The van der Waals surface area contributed by atoms with E-state index in [1.54, 1.807) is 12.1 Å². The highest BCUT2D eigenvalue weighted by atomic mass is 79.9. The Bertz CT molecular complexity index is 600. The summed E-state index contributed by atoms with van der Waals surface area (Å²) in [4.78, 5) is 0. The second kappa shape index (κ2) is 4.66. The van der Waals surface area contributed by atoms with Crippen molar-refractivity contribution in [2.24, 2.45) is 0 Å². The van der Waals surface area contributed by atoms with Crippen molar-refractivity contribution in [3.8, 4) is 0 Å². The highest BCUT2D eigenvalue weighted by molar-refractivity contribution is 9.10. The normalized spacial score (nSPS) is 19.6. The molecular formula is C11H11BrF3NO2S. The van der Waals surface area contributed by atoms with Crippen LogP contribution in [0.1, 0.15) is 17.9 Å². The maximum Gasteiger partial charge on any atom is 0.389 e. The first-order valence-corrected chi connectivity index (χ1v) is 8.06. The van der Waals surface area contributed by atoms with Crippen LogP contribution in [0.25, 0.3) is 0 Å². The zero-order valence-corrected chi connectivity index (χ0v) is 12.3. The van der Waals surface area contributed by atoms with Gasteiger partial charge in [0.15, 0.2) is 0 Å². The summed E-state index contributed by atoms with van der Waals surface area (Å²) < 4.78 is 62.5. The molecule has 0 amide bonds. The number of nitrogens with zero attached hydrogens (tertiary/aromatic N) is 1. The van der Waals surface area contributed by atoms with Crippen LogP contribution < -0.4 is 4.31 Å². The van der Waals surface area contributed by atoms with Crippen LogP contribution in [0.3, 0.4) is 0 Å². The van der Waals surface area contributed by atoms with Gasteiger partial charge in [-0.25, -0.2) is 8.42 Å². The summed E-state index contributed by atoms with van der Waals surface area (Å²) in [6.07, 6.45) is -4.34. The van der Waals surface area contributed by atoms with Crippen LogP contribution in [0.15, 0.2) is 22.7 Å². The van der Waals surface area contributed by atoms with Gasteiger partial charge in [-0.3, -0.25) is 4.31 Å². The van der Waals surface area contributed by atoms with Gasteiger partial charge in [0.2, 0.25) is 10.0 Å². The number of benzene rings is 1. The topological polar surface area (TPSA) is 37.4 Å². The maximum absolute atomic E-state index is 12.5. The van der Waals surface area contributed by atoms with E-state index in [0.717, 1.165) is 10.6 Å². The van der Waals surface area contributed by atoms with Gasteiger partial charge < -0.3 is 0 Å². The van der Waals surface area contributed by atoms with Gasteiger partial charge in [-0.2, -0.15) is 13.2 Å². The average Bonchev–Trinajstić information content (AvgIpc) is 2.53. The first kappa shape index (κ1) is 14.6. The Balaban J connectivity index is 2.45. The molecule has 0 bridgehead atoms. The van der Waals surface area contributed by atoms with E-state index >= 15 is 0 Å². The van der Waals surface area contributed by atoms with Crippen molar-refractivity contribution in [1.82, 2.24) is 0 Å². The second-order valence-corrected chi connectivity index (χ2v) is 7.34. The van der Waals surface area contributed by atoms with Gasteiger partial charge in [0.25, 0.3) is 0 Å². The van der Waals surface area contributed by atoms with Crippen LogP contribution in [0, 0.1) is 0 Å². The lowest BCUT2D eigenvalue weighted by Crippen LogP contribution is -2.29. The monoisotopic (exact) mass is 357 g/mol. The fourth-order valence-corrected chi connectivity index (χ4v) is 3.56. The molecule has 8 heteroatoms. The van der Waals surface area contributed by atoms with Gasteiger partial charge in [-0.05, 0) is 17.7 Å². The Morgan fingerprint density at radius 3 is 2.58 bits per heavy atom. The predicted molar refractivity (Wildman–Crippen MR) is 69.7 cm³/mol. The van der Waals surface area contributed by atoms with E-state index in [0.29, 0.717) is 15.7 Å². The fourth-order valence-electron chi connectivity index (χ4n) is 2.24. The molecule has 0 saturated heterocycles. The zero-order valence-electron chi connectivity index (χ0n) is 9.91. The first-order valence-electron chi connectivity index (χ1n) is 5.42. The van der Waals surface area contributed by atoms with E-state index in [1.807, 2.05) is 0 Å². The molecular weight excluding hydrogens is 347 g/mol. The second-order valence-electron chi connectivity index (χ2n) is 4.51. The summed E-state index contributed by atoms with van der Waals surface area (Å²) in [7, 11) is -3.58. The quantitative estimate of drug-likeness (QED) is 0.814. The van der Waals surface area contributed by atoms with E-state index in [1.165, 1.54) is 6.07 Å². The summed E-state index contributed by atoms with van der Waals surface area (Å²) in [5.41, 5.74) is 0.747. The van der Waals surface area contributed by atoms with E-state index in [9.17, 15) is 21.6 Å². The molecule has 0 radical (unpaired) electrons. The van der Waals surface area contributed by atoms with Crippen molar-refractivity contribution >= 4 is 31.6 Å². The number of hydrogen-bond acceptors (Lipinski definition) is 2. The highest BCUT2D eigenvalue weighted by Gasteiger charge is 2.40. The number of halogens is 4. The third kappa shape index (κ3) is 3.22. The molecule has 1 unspecified atom stereocenters. The van der Waals surface area contributed by atoms with Crippen molar-refractivity contribution < 1.29 is 21.6 Å². The van der Waals surface area contributed by atoms with Gasteiger partial charge >= 0.3 is 6.18 Å². The molecule has 0 spiro atoms. The molecule has 2 rings (SSSR count). The van der Waals surface area contributed by atoms with E-state index in [2.05, 4.69) is 15.9 Å². The lowest BCUT2D eigenvalue weighted by atomic mass is 9.98. The molecule has 1 aromatic rings. The van der Waals surface area contributed by atoms with Crippen molar-refractivity contribution in [3.63, 3.8) is 0 Å². The summed E-state index contributed by atoms with van der Waals surface area (Å²) in [5.74, 6) is -0.849. The third-order valence-corrected chi connectivity index (χ3v) is 4.61. The predicted octanol–water partition coefficient (Wildman–Crippen LogP) is 3.26. The van der Waals surface area contributed by atoms with Crippen molar-refractivity contribution in [2.45, 2.75) is 18.5 Å². The lowest BCUT2D eigenvalue weighted by Gasteiger charge is -2.17. The van der Waals surface area contributed by atoms with Gasteiger partial charge in [0, 0.05) is 16.9 Å². The molecule has 1 aliphatic heterocycles. The van der Waals surface area contributed by atoms with E-state index < -0.39 is 28.5 Å². The van der Waals surface area contributed by atoms with E-state index in [-0.39, 0.29) is 6.54 Å². The summed E-state index contributed by atoms with van der Waals surface area (Å²) in [5, 5.41) is 0. The molecule has 19 heavy (non-hydrogen) atoms. The number of fused-ring (bicyclic) bond motifs is 1. The van der Waals surface area contributed by atoms with Gasteiger partial charge in [0.05, 0.1) is 18.4 Å². The minimum Gasteiger partial charge on any atom is -0.270 e. The van der Waals surface area contributed by atoms with Crippen molar-refractivity contribution in [3.05, 3.63) is 28.2 Å². The van der Waals surface area contributed by atoms with Gasteiger partial charge in [-0.1, -0.05) is 22.0 Å². The molecule has 1 aliphatic rings. The molecule has 1 heterocycles. The number of hydrogen-bond donors (Lipinski definition) is 0. The molecule has 0 fully saturated rings.